The lowest BCUT2D eigenvalue weighted by Gasteiger charge is -2.24. The maximum absolute atomic E-state index is 12.2. The van der Waals surface area contributed by atoms with Gasteiger partial charge in [0.2, 0.25) is 0 Å². The van der Waals surface area contributed by atoms with E-state index in [1.165, 1.54) is 5.01 Å². The van der Waals surface area contributed by atoms with Gasteiger partial charge in [0.05, 0.1) is 6.54 Å². The number of hydrogen-bond acceptors (Lipinski definition) is 3. The minimum absolute atomic E-state index is 0.332. The second-order valence-electron chi connectivity index (χ2n) is 4.94. The standard InChI is InChI=1S/C17H19N3O3/c21-16(22)12-18-17(23)20(13-15-9-5-2-6-10-15)19-11-14-7-3-1-4-8-14/h1-10,19H,11-13H2,(H,18,23)(H,21,22). The van der Waals surface area contributed by atoms with Gasteiger partial charge in [-0.1, -0.05) is 60.7 Å². The van der Waals surface area contributed by atoms with Crippen molar-refractivity contribution < 1.29 is 14.7 Å². The lowest BCUT2D eigenvalue weighted by molar-refractivity contribution is -0.135. The Morgan fingerprint density at radius 3 is 2.04 bits per heavy atom. The van der Waals surface area contributed by atoms with E-state index in [9.17, 15) is 9.59 Å². The van der Waals surface area contributed by atoms with Crippen molar-refractivity contribution in [1.29, 1.82) is 0 Å². The number of urea groups is 1. The number of rotatable bonds is 7. The van der Waals surface area contributed by atoms with Crippen LogP contribution in [0.2, 0.25) is 0 Å². The van der Waals surface area contributed by atoms with Crippen LogP contribution in [0.5, 0.6) is 0 Å². The highest BCUT2D eigenvalue weighted by molar-refractivity contribution is 5.79. The first-order valence-corrected chi connectivity index (χ1v) is 7.23. The molecule has 6 heteroatoms. The van der Waals surface area contributed by atoms with E-state index in [2.05, 4.69) is 10.7 Å². The van der Waals surface area contributed by atoms with E-state index in [1.807, 2.05) is 60.7 Å². The molecule has 3 N–H and O–H groups in total. The molecular formula is C17H19N3O3. The molecule has 0 saturated carbocycles. The van der Waals surface area contributed by atoms with Gasteiger partial charge in [-0.25, -0.2) is 10.2 Å². The monoisotopic (exact) mass is 313 g/mol. The highest BCUT2D eigenvalue weighted by atomic mass is 16.4. The van der Waals surface area contributed by atoms with Gasteiger partial charge < -0.3 is 10.4 Å². The van der Waals surface area contributed by atoms with Gasteiger partial charge in [-0.05, 0) is 11.1 Å². The molecule has 0 atom stereocenters. The first-order chi connectivity index (χ1) is 11.1. The molecule has 0 saturated heterocycles. The molecular weight excluding hydrogens is 294 g/mol. The highest BCUT2D eigenvalue weighted by Crippen LogP contribution is 2.04. The summed E-state index contributed by atoms with van der Waals surface area (Å²) < 4.78 is 0. The molecule has 0 aliphatic carbocycles. The maximum atomic E-state index is 12.2. The van der Waals surface area contributed by atoms with Crippen molar-refractivity contribution in [1.82, 2.24) is 15.8 Å². The lowest BCUT2D eigenvalue weighted by atomic mass is 10.2. The summed E-state index contributed by atoms with van der Waals surface area (Å²) in [5.41, 5.74) is 5.00. The number of carboxylic acids is 1. The number of carbonyl (C=O) groups is 2. The van der Waals surface area contributed by atoms with Gasteiger partial charge in [0.1, 0.15) is 6.54 Å². The minimum atomic E-state index is -1.08. The van der Waals surface area contributed by atoms with Gasteiger partial charge in [0.25, 0.3) is 0 Å². The van der Waals surface area contributed by atoms with Crippen molar-refractivity contribution in [2.24, 2.45) is 0 Å². The van der Waals surface area contributed by atoms with E-state index in [1.54, 1.807) is 0 Å². The average Bonchev–Trinajstić information content (AvgIpc) is 2.58. The Kier molecular flexibility index (Phi) is 6.14. The number of hydrogen-bond donors (Lipinski definition) is 3. The molecule has 0 aromatic heterocycles. The maximum Gasteiger partial charge on any atom is 0.332 e. The van der Waals surface area contributed by atoms with Crippen LogP contribution in [-0.4, -0.2) is 28.7 Å². The van der Waals surface area contributed by atoms with E-state index in [0.717, 1.165) is 11.1 Å². The van der Waals surface area contributed by atoms with E-state index in [4.69, 9.17) is 5.11 Å². The van der Waals surface area contributed by atoms with Crippen LogP contribution in [0.1, 0.15) is 11.1 Å². The van der Waals surface area contributed by atoms with Crippen LogP contribution in [-0.2, 0) is 17.9 Å². The summed E-state index contributed by atoms with van der Waals surface area (Å²) in [7, 11) is 0. The molecule has 2 rings (SSSR count). The minimum Gasteiger partial charge on any atom is -0.480 e. The van der Waals surface area contributed by atoms with Crippen LogP contribution in [0.25, 0.3) is 0 Å². The predicted octanol–water partition coefficient (Wildman–Crippen LogP) is 1.99. The second kappa shape index (κ2) is 8.55. The summed E-state index contributed by atoms with van der Waals surface area (Å²) in [6.45, 7) is 0.379. The van der Waals surface area contributed by atoms with Crippen molar-refractivity contribution in [2.75, 3.05) is 6.54 Å². The Balaban J connectivity index is 2.01. The van der Waals surface area contributed by atoms with Crippen molar-refractivity contribution in [3.63, 3.8) is 0 Å². The molecule has 2 amide bonds. The van der Waals surface area contributed by atoms with Crippen LogP contribution in [0.15, 0.2) is 60.7 Å². The quantitative estimate of drug-likeness (QED) is 0.683. The highest BCUT2D eigenvalue weighted by Gasteiger charge is 2.14. The predicted molar refractivity (Wildman–Crippen MR) is 86.3 cm³/mol. The zero-order valence-corrected chi connectivity index (χ0v) is 12.6. The number of carbonyl (C=O) groups excluding carboxylic acids is 1. The van der Waals surface area contributed by atoms with Gasteiger partial charge in [-0.3, -0.25) is 9.80 Å². The SMILES string of the molecule is O=C(O)CNC(=O)N(Cc1ccccc1)NCc1ccccc1. The molecule has 0 aliphatic heterocycles. The van der Waals surface area contributed by atoms with Crippen molar-refractivity contribution in [2.45, 2.75) is 13.1 Å². The average molecular weight is 313 g/mol. The third-order valence-corrected chi connectivity index (χ3v) is 3.14. The normalized spacial score (nSPS) is 10.1. The Morgan fingerprint density at radius 1 is 0.913 bits per heavy atom. The molecule has 0 bridgehead atoms. The molecule has 23 heavy (non-hydrogen) atoms. The van der Waals surface area contributed by atoms with Gasteiger partial charge in [-0.15, -0.1) is 0 Å². The summed E-state index contributed by atoms with van der Waals surface area (Å²) in [6.07, 6.45) is 0. The molecule has 120 valence electrons. The van der Waals surface area contributed by atoms with E-state index in [0.29, 0.717) is 13.1 Å². The summed E-state index contributed by atoms with van der Waals surface area (Å²) in [5.74, 6) is -1.08. The van der Waals surface area contributed by atoms with Crippen molar-refractivity contribution >= 4 is 12.0 Å². The third-order valence-electron chi connectivity index (χ3n) is 3.14. The number of carboxylic acid groups (broad SMARTS) is 1. The van der Waals surface area contributed by atoms with Gasteiger partial charge in [-0.2, -0.15) is 0 Å². The van der Waals surface area contributed by atoms with Crippen LogP contribution >= 0.6 is 0 Å². The molecule has 2 aromatic rings. The van der Waals surface area contributed by atoms with Crippen molar-refractivity contribution in [3.05, 3.63) is 71.8 Å². The number of nitrogens with one attached hydrogen (secondary N) is 2. The first kappa shape index (κ1) is 16.5. The molecule has 2 aromatic carbocycles. The number of benzene rings is 2. The summed E-state index contributed by atoms with van der Waals surface area (Å²) in [4.78, 5) is 22.8. The molecule has 6 nitrogen and oxygen atoms in total. The fourth-order valence-corrected chi connectivity index (χ4v) is 1.99. The van der Waals surface area contributed by atoms with Crippen LogP contribution in [0.3, 0.4) is 0 Å². The smallest absolute Gasteiger partial charge is 0.332 e. The second-order valence-corrected chi connectivity index (χ2v) is 4.94. The zero-order valence-electron chi connectivity index (χ0n) is 12.6. The largest absolute Gasteiger partial charge is 0.480 e. The fourth-order valence-electron chi connectivity index (χ4n) is 1.99. The van der Waals surface area contributed by atoms with Gasteiger partial charge in [0.15, 0.2) is 0 Å². The molecule has 0 heterocycles. The lowest BCUT2D eigenvalue weighted by Crippen LogP contribution is -2.48. The molecule has 0 fully saturated rings. The molecule has 0 unspecified atom stereocenters. The summed E-state index contributed by atoms with van der Waals surface area (Å²) in [6, 6.07) is 18.7. The third kappa shape index (κ3) is 5.80. The van der Waals surface area contributed by atoms with Crippen LogP contribution < -0.4 is 10.7 Å². The number of aliphatic carboxylic acids is 1. The van der Waals surface area contributed by atoms with Crippen LogP contribution in [0, 0.1) is 0 Å². The van der Waals surface area contributed by atoms with E-state index < -0.39 is 18.5 Å². The van der Waals surface area contributed by atoms with E-state index >= 15 is 0 Å². The first-order valence-electron chi connectivity index (χ1n) is 7.23. The Labute approximate surface area is 134 Å². The van der Waals surface area contributed by atoms with Gasteiger partial charge in [0, 0.05) is 6.54 Å². The molecule has 0 radical (unpaired) electrons. The number of hydrazine groups is 1. The number of amides is 2. The van der Waals surface area contributed by atoms with E-state index in [-0.39, 0.29) is 0 Å². The van der Waals surface area contributed by atoms with Gasteiger partial charge >= 0.3 is 12.0 Å². The van der Waals surface area contributed by atoms with Crippen LogP contribution in [0.4, 0.5) is 4.79 Å². The molecule has 0 spiro atoms. The molecule has 0 aliphatic rings. The Morgan fingerprint density at radius 2 is 1.48 bits per heavy atom. The Bertz CT molecular complexity index is 632. The summed E-state index contributed by atoms with van der Waals surface area (Å²) >= 11 is 0. The number of nitrogens with zero attached hydrogens (tertiary/aromatic N) is 1. The topological polar surface area (TPSA) is 81.7 Å². The Hall–Kier alpha value is -2.86. The summed E-state index contributed by atoms with van der Waals surface area (Å²) in [5, 5.41) is 12.4. The zero-order chi connectivity index (χ0) is 16.5. The fraction of sp³-hybridized carbons (Fsp3) is 0.176. The van der Waals surface area contributed by atoms with Crippen molar-refractivity contribution in [3.8, 4) is 0 Å².